The minimum atomic E-state index is -1.17. The number of hydrogen-bond acceptors (Lipinski definition) is 4. The van der Waals surface area contributed by atoms with Crippen LogP contribution in [0.15, 0.2) is 30.3 Å². The number of alkyl halides is 1. The summed E-state index contributed by atoms with van der Waals surface area (Å²) in [5, 5.41) is 11.1. The molecule has 23 heavy (non-hydrogen) atoms. The summed E-state index contributed by atoms with van der Waals surface area (Å²) in [6.45, 7) is 2.04. The lowest BCUT2D eigenvalue weighted by Crippen LogP contribution is -2.43. The van der Waals surface area contributed by atoms with Crippen molar-refractivity contribution in [1.82, 2.24) is 4.90 Å². The summed E-state index contributed by atoms with van der Waals surface area (Å²) in [6, 6.07) is 10.0. The SMILES string of the molecule is CCBr.CN1[C@@H]2CC[C@H]1CC(OC(=O)C(O)c1ccccc1)C2. The molecule has 2 aliphatic heterocycles. The van der Waals surface area contributed by atoms with Crippen LogP contribution in [0.3, 0.4) is 0 Å². The predicted octanol–water partition coefficient (Wildman–Crippen LogP) is 3.29. The number of halogens is 1. The van der Waals surface area contributed by atoms with E-state index >= 15 is 0 Å². The molecule has 1 aromatic rings. The van der Waals surface area contributed by atoms with Crippen LogP contribution in [0.5, 0.6) is 0 Å². The molecule has 0 radical (unpaired) electrons. The summed E-state index contributed by atoms with van der Waals surface area (Å²) >= 11 is 3.15. The lowest BCUT2D eigenvalue weighted by atomic mass is 10.0. The van der Waals surface area contributed by atoms with E-state index in [-0.39, 0.29) is 6.10 Å². The quantitative estimate of drug-likeness (QED) is 0.642. The van der Waals surface area contributed by atoms with E-state index in [0.717, 1.165) is 18.2 Å². The Morgan fingerprint density at radius 3 is 2.35 bits per heavy atom. The fourth-order valence-electron chi connectivity index (χ4n) is 3.46. The average molecular weight is 384 g/mol. The van der Waals surface area contributed by atoms with Crippen molar-refractivity contribution in [3.05, 3.63) is 35.9 Å². The van der Waals surface area contributed by atoms with Crippen LogP contribution in [-0.4, -0.2) is 46.5 Å². The summed E-state index contributed by atoms with van der Waals surface area (Å²) in [5.41, 5.74) is 0.591. The standard InChI is InChI=1S/C16H21NO3.C2H5Br/c1-17-12-7-8-13(17)10-14(9-12)20-16(19)15(18)11-5-3-2-4-6-11;1-2-3/h2-6,12-15,18H,7-10H2,1H3;2H2,1H3/t12-,13+,14?,15?;. The first-order chi connectivity index (χ1) is 11.1. The van der Waals surface area contributed by atoms with Gasteiger partial charge < -0.3 is 14.7 Å². The smallest absolute Gasteiger partial charge is 0.339 e. The van der Waals surface area contributed by atoms with E-state index in [1.807, 2.05) is 25.1 Å². The topological polar surface area (TPSA) is 49.8 Å². The molecule has 0 amide bonds. The van der Waals surface area contributed by atoms with Gasteiger partial charge in [-0.05, 0) is 38.3 Å². The van der Waals surface area contributed by atoms with Gasteiger partial charge in [0.2, 0.25) is 0 Å². The van der Waals surface area contributed by atoms with Gasteiger partial charge in [0, 0.05) is 17.4 Å². The van der Waals surface area contributed by atoms with Gasteiger partial charge in [0.25, 0.3) is 0 Å². The molecule has 0 saturated carbocycles. The number of benzene rings is 1. The highest BCUT2D eigenvalue weighted by molar-refractivity contribution is 9.09. The Kier molecular flexibility index (Phi) is 7.06. The van der Waals surface area contributed by atoms with Gasteiger partial charge in [-0.25, -0.2) is 4.79 Å². The number of nitrogens with zero attached hydrogens (tertiary/aromatic N) is 1. The second kappa shape index (κ2) is 8.81. The highest BCUT2D eigenvalue weighted by Crippen LogP contribution is 2.35. The van der Waals surface area contributed by atoms with E-state index < -0.39 is 12.1 Å². The number of rotatable bonds is 3. The van der Waals surface area contributed by atoms with Gasteiger partial charge in [-0.1, -0.05) is 53.2 Å². The van der Waals surface area contributed by atoms with Gasteiger partial charge in [0.1, 0.15) is 6.10 Å². The molecular weight excluding hydrogens is 358 g/mol. The first kappa shape index (κ1) is 18.4. The van der Waals surface area contributed by atoms with Gasteiger partial charge in [-0.2, -0.15) is 0 Å². The Morgan fingerprint density at radius 1 is 1.30 bits per heavy atom. The first-order valence-electron chi connectivity index (χ1n) is 8.28. The summed E-state index contributed by atoms with van der Waals surface area (Å²) < 4.78 is 5.52. The lowest BCUT2D eigenvalue weighted by Gasteiger charge is -2.36. The molecule has 1 aromatic carbocycles. The van der Waals surface area contributed by atoms with Crippen LogP contribution in [-0.2, 0) is 9.53 Å². The molecule has 2 saturated heterocycles. The maximum atomic E-state index is 12.0. The monoisotopic (exact) mass is 383 g/mol. The van der Waals surface area contributed by atoms with E-state index in [1.165, 1.54) is 12.8 Å². The van der Waals surface area contributed by atoms with Crippen molar-refractivity contribution in [1.29, 1.82) is 0 Å². The number of esters is 1. The molecule has 2 aliphatic rings. The highest BCUT2D eigenvalue weighted by atomic mass is 79.9. The van der Waals surface area contributed by atoms with Gasteiger partial charge in [-0.15, -0.1) is 0 Å². The lowest BCUT2D eigenvalue weighted by molar-refractivity contribution is -0.162. The van der Waals surface area contributed by atoms with Gasteiger partial charge in [0.05, 0.1) is 0 Å². The molecule has 4 nitrogen and oxygen atoms in total. The third-order valence-corrected chi connectivity index (χ3v) is 4.68. The van der Waals surface area contributed by atoms with E-state index in [4.69, 9.17) is 4.74 Å². The van der Waals surface area contributed by atoms with Crippen LogP contribution in [0.2, 0.25) is 0 Å². The number of ether oxygens (including phenoxy) is 1. The molecule has 2 fully saturated rings. The zero-order valence-electron chi connectivity index (χ0n) is 13.8. The highest BCUT2D eigenvalue weighted by Gasteiger charge is 2.40. The zero-order valence-corrected chi connectivity index (χ0v) is 15.4. The van der Waals surface area contributed by atoms with Crippen LogP contribution in [0.25, 0.3) is 0 Å². The van der Waals surface area contributed by atoms with E-state index in [9.17, 15) is 9.90 Å². The Morgan fingerprint density at radius 2 is 1.83 bits per heavy atom. The van der Waals surface area contributed by atoms with Crippen molar-refractivity contribution in [2.24, 2.45) is 0 Å². The molecule has 2 bridgehead atoms. The van der Waals surface area contributed by atoms with Gasteiger partial charge in [0.15, 0.2) is 6.10 Å². The van der Waals surface area contributed by atoms with Crippen molar-refractivity contribution >= 4 is 21.9 Å². The Bertz CT molecular complexity index is 482. The fraction of sp³-hybridized carbons (Fsp3) is 0.611. The zero-order chi connectivity index (χ0) is 16.8. The Balaban J connectivity index is 0.000000595. The second-order valence-electron chi connectivity index (χ2n) is 6.16. The molecule has 3 rings (SSSR count). The molecule has 2 heterocycles. The number of hydrogen-bond donors (Lipinski definition) is 1. The van der Waals surface area contributed by atoms with Crippen molar-refractivity contribution in [2.75, 3.05) is 12.4 Å². The van der Waals surface area contributed by atoms with E-state index in [2.05, 4.69) is 27.9 Å². The molecule has 5 heteroatoms. The molecule has 0 aliphatic carbocycles. The summed E-state index contributed by atoms with van der Waals surface area (Å²) in [6.07, 6.45) is 2.94. The summed E-state index contributed by atoms with van der Waals surface area (Å²) in [7, 11) is 2.15. The summed E-state index contributed by atoms with van der Waals surface area (Å²) in [4.78, 5) is 14.4. The van der Waals surface area contributed by atoms with Gasteiger partial charge in [-0.3, -0.25) is 0 Å². The maximum absolute atomic E-state index is 12.0. The van der Waals surface area contributed by atoms with Crippen LogP contribution in [0.1, 0.15) is 44.3 Å². The molecule has 2 unspecified atom stereocenters. The van der Waals surface area contributed by atoms with Crippen molar-refractivity contribution in [3.63, 3.8) is 0 Å². The minimum absolute atomic E-state index is 0.0467. The van der Waals surface area contributed by atoms with E-state index in [1.54, 1.807) is 12.1 Å². The summed E-state index contributed by atoms with van der Waals surface area (Å²) in [5.74, 6) is -0.523. The number of aliphatic hydroxyl groups is 1. The van der Waals surface area contributed by atoms with Crippen molar-refractivity contribution < 1.29 is 14.6 Å². The molecule has 128 valence electrons. The number of carbonyl (C=O) groups excluding carboxylic acids is 1. The number of aliphatic hydroxyl groups excluding tert-OH is 1. The molecule has 0 spiro atoms. The van der Waals surface area contributed by atoms with Crippen LogP contribution in [0, 0.1) is 0 Å². The molecule has 0 aromatic heterocycles. The van der Waals surface area contributed by atoms with Crippen molar-refractivity contribution in [2.45, 2.75) is 56.9 Å². The van der Waals surface area contributed by atoms with Crippen LogP contribution < -0.4 is 0 Å². The van der Waals surface area contributed by atoms with Crippen LogP contribution >= 0.6 is 15.9 Å². The second-order valence-corrected chi connectivity index (χ2v) is 7.28. The van der Waals surface area contributed by atoms with Gasteiger partial charge >= 0.3 is 5.97 Å². The number of piperidine rings is 1. The Hall–Kier alpha value is -0.910. The molecule has 1 N–H and O–H groups in total. The largest absolute Gasteiger partial charge is 0.460 e. The average Bonchev–Trinajstić information content (AvgIpc) is 2.77. The van der Waals surface area contributed by atoms with E-state index in [0.29, 0.717) is 17.6 Å². The normalized spacial score (nSPS) is 27.7. The Labute approximate surface area is 147 Å². The minimum Gasteiger partial charge on any atom is -0.460 e. The van der Waals surface area contributed by atoms with Crippen molar-refractivity contribution in [3.8, 4) is 0 Å². The first-order valence-corrected chi connectivity index (χ1v) is 9.40. The predicted molar refractivity (Wildman–Crippen MR) is 94.6 cm³/mol. The third-order valence-electron chi connectivity index (χ3n) is 4.68. The van der Waals surface area contributed by atoms with Crippen LogP contribution in [0.4, 0.5) is 0 Å². The fourth-order valence-corrected chi connectivity index (χ4v) is 3.46. The third kappa shape index (κ3) is 4.78. The molecule has 4 atom stereocenters. The maximum Gasteiger partial charge on any atom is 0.339 e. The molecular formula is C18H26BrNO3. The number of fused-ring (bicyclic) bond motifs is 2. The number of carbonyl (C=O) groups is 1.